The molecule has 1 aliphatic heterocycles. The van der Waals surface area contributed by atoms with Crippen LogP contribution in [0.2, 0.25) is 0 Å². The van der Waals surface area contributed by atoms with E-state index in [1.165, 1.54) is 0 Å². The molecule has 0 aromatic carbocycles. The second-order valence-corrected chi connectivity index (χ2v) is 6.16. The molecule has 0 bridgehead atoms. The van der Waals surface area contributed by atoms with Crippen LogP contribution in [0, 0.1) is 17.3 Å². The molecule has 1 aliphatic carbocycles. The maximum Gasteiger partial charge on any atom is 0.241 e. The summed E-state index contributed by atoms with van der Waals surface area (Å²) in [4.78, 5) is 25.2. The summed E-state index contributed by atoms with van der Waals surface area (Å²) in [5.74, 6) is 0.795. The topological polar surface area (TPSA) is 49.4 Å². The Hall–Kier alpha value is -1.06. The number of nitrogens with one attached hydrogen (secondary N) is 1. The second-order valence-electron chi connectivity index (χ2n) is 6.16. The summed E-state index contributed by atoms with van der Waals surface area (Å²) in [5, 5.41) is 2.73. The summed E-state index contributed by atoms with van der Waals surface area (Å²) < 4.78 is 0. The molecule has 1 saturated heterocycles. The van der Waals surface area contributed by atoms with E-state index in [-0.39, 0.29) is 29.7 Å². The molecule has 2 aliphatic rings. The molecule has 2 rings (SSSR count). The first-order valence-corrected chi connectivity index (χ1v) is 6.45. The first-order valence-electron chi connectivity index (χ1n) is 6.45. The van der Waals surface area contributed by atoms with Crippen molar-refractivity contribution in [2.75, 3.05) is 19.6 Å². The zero-order chi connectivity index (χ0) is 12.6. The van der Waals surface area contributed by atoms with Crippen molar-refractivity contribution in [3.8, 4) is 0 Å². The standard InChI is InChI=1S/C13H22N2O2/c1-9-7-15(8-13(9,2)3)11(16)6-14-12(17)10-4-5-10/h9-10H,4-8H2,1-3H3,(H,14,17). The lowest BCUT2D eigenvalue weighted by Gasteiger charge is -2.22. The molecule has 1 saturated carbocycles. The number of amides is 2. The van der Waals surface area contributed by atoms with Crippen molar-refractivity contribution in [1.29, 1.82) is 0 Å². The van der Waals surface area contributed by atoms with Gasteiger partial charge in [-0.05, 0) is 24.2 Å². The number of carbonyl (C=O) groups is 2. The third-order valence-electron chi connectivity index (χ3n) is 4.14. The van der Waals surface area contributed by atoms with Crippen molar-refractivity contribution in [1.82, 2.24) is 10.2 Å². The maximum atomic E-state index is 11.9. The molecular weight excluding hydrogens is 216 g/mol. The van der Waals surface area contributed by atoms with E-state index in [0.29, 0.717) is 5.92 Å². The van der Waals surface area contributed by atoms with Crippen LogP contribution in [0.4, 0.5) is 0 Å². The Kier molecular flexibility index (Phi) is 3.15. The van der Waals surface area contributed by atoms with Crippen LogP contribution < -0.4 is 5.32 Å². The second kappa shape index (κ2) is 4.31. The largest absolute Gasteiger partial charge is 0.347 e. The normalized spacial score (nSPS) is 27.0. The fourth-order valence-corrected chi connectivity index (χ4v) is 2.24. The average Bonchev–Trinajstić information content (AvgIpc) is 3.04. The van der Waals surface area contributed by atoms with E-state index in [4.69, 9.17) is 0 Å². The van der Waals surface area contributed by atoms with Gasteiger partial charge < -0.3 is 10.2 Å². The highest BCUT2D eigenvalue weighted by Crippen LogP contribution is 2.34. The van der Waals surface area contributed by atoms with Crippen molar-refractivity contribution in [2.24, 2.45) is 17.3 Å². The number of hydrogen-bond donors (Lipinski definition) is 1. The Labute approximate surface area is 103 Å². The van der Waals surface area contributed by atoms with Crippen LogP contribution >= 0.6 is 0 Å². The first-order chi connectivity index (χ1) is 7.90. The van der Waals surface area contributed by atoms with Gasteiger partial charge in [-0.25, -0.2) is 0 Å². The Morgan fingerprint density at radius 2 is 2.00 bits per heavy atom. The van der Waals surface area contributed by atoms with Crippen molar-refractivity contribution in [3.63, 3.8) is 0 Å². The molecule has 0 radical (unpaired) electrons. The number of rotatable bonds is 3. The van der Waals surface area contributed by atoms with Gasteiger partial charge in [-0.1, -0.05) is 20.8 Å². The summed E-state index contributed by atoms with van der Waals surface area (Å²) >= 11 is 0. The first kappa shape index (κ1) is 12.4. The molecule has 1 unspecified atom stereocenters. The summed E-state index contributed by atoms with van der Waals surface area (Å²) in [6, 6.07) is 0. The molecule has 1 heterocycles. The minimum atomic E-state index is 0.0462. The van der Waals surface area contributed by atoms with E-state index in [9.17, 15) is 9.59 Å². The number of nitrogens with zero attached hydrogens (tertiary/aromatic N) is 1. The highest BCUT2D eigenvalue weighted by molar-refractivity contribution is 5.87. The van der Waals surface area contributed by atoms with Gasteiger partial charge in [0.25, 0.3) is 0 Å². The lowest BCUT2D eigenvalue weighted by atomic mass is 9.84. The van der Waals surface area contributed by atoms with Crippen LogP contribution in [0.3, 0.4) is 0 Å². The molecule has 0 aromatic heterocycles. The summed E-state index contributed by atoms with van der Waals surface area (Å²) in [6.07, 6.45) is 1.96. The predicted molar refractivity (Wildman–Crippen MR) is 65.3 cm³/mol. The van der Waals surface area contributed by atoms with Gasteiger partial charge in [-0.15, -0.1) is 0 Å². The van der Waals surface area contributed by atoms with Gasteiger partial charge in [0.05, 0.1) is 6.54 Å². The van der Waals surface area contributed by atoms with Crippen molar-refractivity contribution in [3.05, 3.63) is 0 Å². The third kappa shape index (κ3) is 2.79. The lowest BCUT2D eigenvalue weighted by molar-refractivity contribution is -0.132. The molecule has 17 heavy (non-hydrogen) atoms. The molecule has 0 aromatic rings. The van der Waals surface area contributed by atoms with Crippen molar-refractivity contribution < 1.29 is 9.59 Å². The molecule has 1 N–H and O–H groups in total. The summed E-state index contributed by atoms with van der Waals surface area (Å²) in [5.41, 5.74) is 0.191. The van der Waals surface area contributed by atoms with E-state index in [2.05, 4.69) is 26.1 Å². The van der Waals surface area contributed by atoms with Crippen LogP contribution in [0.15, 0.2) is 0 Å². The number of carbonyl (C=O) groups excluding carboxylic acids is 2. The number of likely N-dealkylation sites (tertiary alicyclic amines) is 1. The fourth-order valence-electron chi connectivity index (χ4n) is 2.24. The highest BCUT2D eigenvalue weighted by atomic mass is 16.2. The highest BCUT2D eigenvalue weighted by Gasteiger charge is 2.38. The molecule has 96 valence electrons. The summed E-state index contributed by atoms with van der Waals surface area (Å²) in [6.45, 7) is 8.33. The zero-order valence-corrected chi connectivity index (χ0v) is 11.0. The molecular formula is C13H22N2O2. The van der Waals surface area contributed by atoms with Gasteiger partial charge in [-0.3, -0.25) is 9.59 Å². The lowest BCUT2D eigenvalue weighted by Crippen LogP contribution is -2.40. The monoisotopic (exact) mass is 238 g/mol. The van der Waals surface area contributed by atoms with E-state index in [0.717, 1.165) is 25.9 Å². The van der Waals surface area contributed by atoms with E-state index >= 15 is 0 Å². The third-order valence-corrected chi connectivity index (χ3v) is 4.14. The molecule has 2 fully saturated rings. The molecule has 4 heteroatoms. The average molecular weight is 238 g/mol. The van der Waals surface area contributed by atoms with Crippen LogP contribution in [-0.4, -0.2) is 36.3 Å². The SMILES string of the molecule is CC1CN(C(=O)CNC(=O)C2CC2)CC1(C)C. The van der Waals surface area contributed by atoms with Crippen molar-refractivity contribution >= 4 is 11.8 Å². The van der Waals surface area contributed by atoms with Crippen molar-refractivity contribution in [2.45, 2.75) is 33.6 Å². The smallest absolute Gasteiger partial charge is 0.241 e. The van der Waals surface area contributed by atoms with Crippen LogP contribution in [-0.2, 0) is 9.59 Å². The quantitative estimate of drug-likeness (QED) is 0.798. The van der Waals surface area contributed by atoms with Crippen LogP contribution in [0.1, 0.15) is 33.6 Å². The van der Waals surface area contributed by atoms with Crippen LogP contribution in [0.5, 0.6) is 0 Å². The van der Waals surface area contributed by atoms with E-state index in [1.54, 1.807) is 0 Å². The van der Waals surface area contributed by atoms with E-state index < -0.39 is 0 Å². The fraction of sp³-hybridized carbons (Fsp3) is 0.846. The molecule has 4 nitrogen and oxygen atoms in total. The van der Waals surface area contributed by atoms with Crippen LogP contribution in [0.25, 0.3) is 0 Å². The predicted octanol–water partition coefficient (Wildman–Crippen LogP) is 1.02. The Bertz CT molecular complexity index is 334. The molecule has 1 atom stereocenters. The zero-order valence-electron chi connectivity index (χ0n) is 11.0. The minimum absolute atomic E-state index is 0.0462. The van der Waals surface area contributed by atoms with Gasteiger partial charge >= 0.3 is 0 Å². The van der Waals surface area contributed by atoms with Gasteiger partial charge in [0.2, 0.25) is 11.8 Å². The van der Waals surface area contributed by atoms with Gasteiger partial charge in [0.15, 0.2) is 0 Å². The molecule has 0 spiro atoms. The molecule has 2 amide bonds. The van der Waals surface area contributed by atoms with Gasteiger partial charge in [-0.2, -0.15) is 0 Å². The van der Waals surface area contributed by atoms with Gasteiger partial charge in [0, 0.05) is 19.0 Å². The maximum absolute atomic E-state index is 11.9. The summed E-state index contributed by atoms with van der Waals surface area (Å²) in [7, 11) is 0. The number of hydrogen-bond acceptors (Lipinski definition) is 2. The minimum Gasteiger partial charge on any atom is -0.347 e. The Morgan fingerprint density at radius 3 is 2.47 bits per heavy atom. The van der Waals surface area contributed by atoms with Gasteiger partial charge in [0.1, 0.15) is 0 Å². The Balaban J connectivity index is 1.78. The Morgan fingerprint density at radius 1 is 1.35 bits per heavy atom. The van der Waals surface area contributed by atoms with E-state index in [1.807, 2.05) is 4.90 Å².